The predicted molar refractivity (Wildman–Crippen MR) is 204 cm³/mol. The zero-order valence-electron chi connectivity index (χ0n) is 32.5. The van der Waals surface area contributed by atoms with Crippen LogP contribution < -0.4 is 10.5 Å². The summed E-state index contributed by atoms with van der Waals surface area (Å²) < 4.78 is 38.8. The second-order valence-electron chi connectivity index (χ2n) is 18.1. The molecule has 5 aliphatic rings. The van der Waals surface area contributed by atoms with E-state index in [9.17, 15) is 18.3 Å². The molecule has 1 unspecified atom stereocenters. The van der Waals surface area contributed by atoms with Crippen LogP contribution in [0.2, 0.25) is 0 Å². The van der Waals surface area contributed by atoms with Gasteiger partial charge in [0.2, 0.25) is 0 Å². The van der Waals surface area contributed by atoms with Gasteiger partial charge in [-0.25, -0.2) is 4.79 Å². The highest BCUT2D eigenvalue weighted by Gasteiger charge is 2.82. The third-order valence-corrected chi connectivity index (χ3v) is 16.0. The van der Waals surface area contributed by atoms with Gasteiger partial charge in [0.1, 0.15) is 6.10 Å². The van der Waals surface area contributed by atoms with Gasteiger partial charge in [-0.3, -0.25) is 4.55 Å². The van der Waals surface area contributed by atoms with E-state index >= 15 is 0 Å². The van der Waals surface area contributed by atoms with Crippen molar-refractivity contribution in [1.29, 1.82) is 0 Å². The molecule has 0 bridgehead atoms. The molecule has 0 heterocycles. The molecular formula is C42H65NO7S. The fourth-order valence-electron chi connectivity index (χ4n) is 12.6. The largest absolute Gasteiger partial charge is 0.504 e. The van der Waals surface area contributed by atoms with Crippen LogP contribution in [-0.2, 0) is 19.6 Å². The summed E-state index contributed by atoms with van der Waals surface area (Å²) in [4.78, 5) is 13.1. The summed E-state index contributed by atoms with van der Waals surface area (Å²) in [5.41, 5.74) is 8.85. The van der Waals surface area contributed by atoms with Crippen LogP contribution in [-0.4, -0.2) is 49.6 Å². The average molecular weight is 728 g/mol. The van der Waals surface area contributed by atoms with Crippen LogP contribution in [0.5, 0.6) is 11.5 Å². The molecule has 4 N–H and O–H groups in total. The van der Waals surface area contributed by atoms with Gasteiger partial charge in [0, 0.05) is 18.0 Å². The molecule has 0 aromatic heterocycles. The Kier molecular flexibility index (Phi) is 11.3. The monoisotopic (exact) mass is 727 g/mol. The number of ether oxygens (including phenoxy) is 2. The number of phenols is 1. The van der Waals surface area contributed by atoms with Crippen molar-refractivity contribution in [2.24, 2.45) is 56.5 Å². The molecule has 2 spiro atoms. The van der Waals surface area contributed by atoms with Crippen LogP contribution in [0.3, 0.4) is 0 Å². The van der Waals surface area contributed by atoms with Crippen LogP contribution in [0.1, 0.15) is 125 Å². The van der Waals surface area contributed by atoms with Crippen molar-refractivity contribution in [3.8, 4) is 11.5 Å². The van der Waals surface area contributed by atoms with Gasteiger partial charge in [0.25, 0.3) is 10.1 Å². The summed E-state index contributed by atoms with van der Waals surface area (Å²) in [7, 11) is -2.27. The molecule has 1 aromatic rings. The van der Waals surface area contributed by atoms with Crippen molar-refractivity contribution in [2.75, 3.05) is 19.4 Å². The Labute approximate surface area is 307 Å². The minimum Gasteiger partial charge on any atom is -0.504 e. The fraction of sp³-hybridized carbons (Fsp3) is 0.738. The molecule has 0 saturated heterocycles. The van der Waals surface area contributed by atoms with E-state index in [1.165, 1.54) is 83.0 Å². The number of allylic oxidation sites excluding steroid dienone is 2. The molecule has 8 nitrogen and oxygen atoms in total. The fourth-order valence-corrected chi connectivity index (χ4v) is 12.9. The average Bonchev–Trinajstić information content (AvgIpc) is 3.63. The first-order valence-corrected chi connectivity index (χ1v) is 21.0. The van der Waals surface area contributed by atoms with E-state index in [4.69, 9.17) is 19.8 Å². The number of hydrogen-bond acceptors (Lipinski definition) is 7. The number of esters is 1. The van der Waals surface area contributed by atoms with Crippen LogP contribution >= 0.6 is 0 Å². The van der Waals surface area contributed by atoms with Gasteiger partial charge in [-0.2, -0.15) is 8.42 Å². The number of carbonyl (C=O) groups is 1. The summed E-state index contributed by atoms with van der Waals surface area (Å²) in [6, 6.07) is 5.09. The van der Waals surface area contributed by atoms with E-state index in [-0.39, 0.29) is 35.5 Å². The molecule has 0 radical (unpaired) electrons. The lowest BCUT2D eigenvalue weighted by Crippen LogP contribution is -2.58. The molecule has 6 rings (SSSR count). The van der Waals surface area contributed by atoms with Crippen molar-refractivity contribution in [2.45, 2.75) is 125 Å². The standard InChI is InChI=1S/C40H58O4.C2H7NO3S/c1-26(2)10-9-11-27(3)29-18-20-38(7)33-16-15-32-36(4,5)34(19-21-39(32)25-40(33,39)23-22-37(29,38)6)44-35(42)17-13-28-12-14-30(41)31(24-28)43-8;3-1-2-7(4,5)6/h10,12-14,17,24,27,29,32-34,41H,9,11,15-16,18-23,25H2,1-8H3;1-3H2,(H,4,5,6)/b17-13+;/t27-,29-,32+,33+,34+,37-,38+,39-,40?;/m1./s1. The van der Waals surface area contributed by atoms with Crippen LogP contribution in [0.25, 0.3) is 6.08 Å². The second kappa shape index (κ2) is 14.5. The van der Waals surface area contributed by atoms with E-state index in [0.717, 1.165) is 29.7 Å². The molecule has 9 atom stereocenters. The van der Waals surface area contributed by atoms with Gasteiger partial charge >= 0.3 is 5.97 Å². The quantitative estimate of drug-likeness (QED) is 0.0941. The third-order valence-electron chi connectivity index (χ3n) is 15.2. The number of phenolic OH excluding ortho intramolecular Hbond substituents is 1. The zero-order valence-corrected chi connectivity index (χ0v) is 33.3. The highest BCUT2D eigenvalue weighted by molar-refractivity contribution is 7.85. The molecule has 9 heteroatoms. The summed E-state index contributed by atoms with van der Waals surface area (Å²) in [6.45, 7) is 17.2. The number of carbonyl (C=O) groups excluding carboxylic acids is 1. The Hall–Kier alpha value is -2.36. The van der Waals surface area contributed by atoms with Gasteiger partial charge in [-0.1, -0.05) is 52.3 Å². The molecule has 5 fully saturated rings. The van der Waals surface area contributed by atoms with E-state index in [0.29, 0.717) is 33.3 Å². The Morgan fingerprint density at radius 3 is 2.31 bits per heavy atom. The molecule has 286 valence electrons. The number of aromatic hydroxyl groups is 1. The Balaban J connectivity index is 0.000000654. The number of hydrogen-bond donors (Lipinski definition) is 3. The topological polar surface area (TPSA) is 136 Å². The van der Waals surface area contributed by atoms with Crippen molar-refractivity contribution >= 4 is 22.2 Å². The molecule has 0 aliphatic heterocycles. The number of benzene rings is 1. The summed E-state index contributed by atoms with van der Waals surface area (Å²) in [5, 5.41) is 9.88. The first-order valence-electron chi connectivity index (χ1n) is 19.3. The van der Waals surface area contributed by atoms with Crippen molar-refractivity contribution in [3.63, 3.8) is 0 Å². The molecule has 1 aromatic carbocycles. The van der Waals surface area contributed by atoms with Crippen molar-refractivity contribution in [3.05, 3.63) is 41.5 Å². The lowest BCUT2D eigenvalue weighted by molar-refractivity contribution is -0.179. The maximum atomic E-state index is 13.1. The van der Waals surface area contributed by atoms with Crippen LogP contribution in [0, 0.1) is 50.7 Å². The SMILES string of the molecule is COc1cc(/C=C/C(=O)O[C@H]2CC[C@]34CC35CC[C@]3(C)[C@@H]([C@H](C)CCC=C(C)C)CC[C@@]3(C)[C@@H]5CC[C@H]4C2(C)C)ccc1O.NCCS(=O)(=O)O. The van der Waals surface area contributed by atoms with E-state index in [2.05, 4.69) is 54.5 Å². The van der Waals surface area contributed by atoms with Crippen molar-refractivity contribution in [1.82, 2.24) is 0 Å². The lowest BCUT2D eigenvalue weighted by atomic mass is 9.41. The number of nitrogens with two attached hydrogens (primary N) is 1. The summed E-state index contributed by atoms with van der Waals surface area (Å²) in [6.07, 6.45) is 20.1. The molecule has 5 saturated carbocycles. The van der Waals surface area contributed by atoms with Gasteiger partial charge in [0.05, 0.1) is 12.9 Å². The number of rotatable bonds is 10. The minimum absolute atomic E-state index is 0.0289. The number of methoxy groups -OCH3 is 1. The molecule has 51 heavy (non-hydrogen) atoms. The molecule has 5 aliphatic carbocycles. The van der Waals surface area contributed by atoms with E-state index in [1.54, 1.807) is 24.3 Å². The maximum absolute atomic E-state index is 13.1. The smallest absolute Gasteiger partial charge is 0.331 e. The van der Waals surface area contributed by atoms with E-state index < -0.39 is 10.1 Å². The third kappa shape index (κ3) is 7.17. The van der Waals surface area contributed by atoms with Crippen LogP contribution in [0.15, 0.2) is 35.9 Å². The maximum Gasteiger partial charge on any atom is 0.331 e. The minimum atomic E-state index is -3.80. The first kappa shape index (κ1) is 39.8. The van der Waals surface area contributed by atoms with Gasteiger partial charge in [-0.05, 0) is 154 Å². The lowest BCUT2D eigenvalue weighted by Gasteiger charge is -2.63. The van der Waals surface area contributed by atoms with E-state index in [1.807, 2.05) is 0 Å². The Morgan fingerprint density at radius 1 is 1.00 bits per heavy atom. The first-order chi connectivity index (χ1) is 23.8. The Morgan fingerprint density at radius 2 is 1.69 bits per heavy atom. The molecule has 0 amide bonds. The predicted octanol–water partition coefficient (Wildman–Crippen LogP) is 8.98. The van der Waals surface area contributed by atoms with Gasteiger partial charge in [0.15, 0.2) is 11.5 Å². The van der Waals surface area contributed by atoms with Gasteiger partial charge in [-0.15, -0.1) is 0 Å². The van der Waals surface area contributed by atoms with Crippen LogP contribution in [0.4, 0.5) is 0 Å². The normalized spacial score (nSPS) is 36.7. The number of fused-ring (bicyclic) bond motifs is 2. The highest BCUT2D eigenvalue weighted by Crippen LogP contribution is 2.89. The molecular weight excluding hydrogens is 663 g/mol. The summed E-state index contributed by atoms with van der Waals surface area (Å²) in [5.74, 6) is 2.97. The summed E-state index contributed by atoms with van der Waals surface area (Å²) >= 11 is 0. The Bertz CT molecular complexity index is 1610. The van der Waals surface area contributed by atoms with Gasteiger partial charge < -0.3 is 20.3 Å². The second-order valence-corrected chi connectivity index (χ2v) is 19.7. The highest BCUT2D eigenvalue weighted by atomic mass is 32.2. The zero-order chi connectivity index (χ0) is 37.6. The van der Waals surface area contributed by atoms with Crippen molar-refractivity contribution < 1.29 is 32.3 Å².